The lowest BCUT2D eigenvalue weighted by molar-refractivity contribution is -0.125. The molecule has 2 rings (SSSR count). The maximum absolute atomic E-state index is 12.0. The average Bonchev–Trinajstić information content (AvgIpc) is 2.73. The standard InChI is InChI=1S/C21H23ClN4O4S/c1-13-7-8-15(11-14(13)2)23-18(27)9-10-19(28)25-26-21(31)24-20(29)12-30-17-6-4-3-5-16(17)22/h3-8,11H,9-10,12H2,1-2H3,(H,23,27)(H,25,28)(H2,24,26,29,31). The van der Waals surface area contributed by atoms with Crippen LogP contribution in [-0.4, -0.2) is 29.4 Å². The molecule has 0 unspecified atom stereocenters. The molecule has 10 heteroatoms. The fraction of sp³-hybridized carbons (Fsp3) is 0.238. The second-order valence-corrected chi connectivity index (χ2v) is 7.43. The molecule has 0 spiro atoms. The number of amides is 3. The van der Waals surface area contributed by atoms with Gasteiger partial charge in [0.05, 0.1) is 5.02 Å². The Labute approximate surface area is 190 Å². The molecule has 2 aromatic rings. The highest BCUT2D eigenvalue weighted by Crippen LogP contribution is 2.22. The van der Waals surface area contributed by atoms with Crippen LogP contribution in [0.3, 0.4) is 0 Å². The molecule has 0 aromatic heterocycles. The summed E-state index contributed by atoms with van der Waals surface area (Å²) in [6.45, 7) is 3.63. The summed E-state index contributed by atoms with van der Waals surface area (Å²) >= 11 is 10.9. The van der Waals surface area contributed by atoms with Crippen LogP contribution in [-0.2, 0) is 14.4 Å². The van der Waals surface area contributed by atoms with Crippen LogP contribution in [0.4, 0.5) is 5.69 Å². The van der Waals surface area contributed by atoms with Gasteiger partial charge in [-0.25, -0.2) is 0 Å². The van der Waals surface area contributed by atoms with E-state index in [4.69, 9.17) is 28.6 Å². The van der Waals surface area contributed by atoms with Gasteiger partial charge in [-0.05, 0) is 61.5 Å². The minimum Gasteiger partial charge on any atom is -0.482 e. The zero-order valence-corrected chi connectivity index (χ0v) is 18.7. The number of nitrogens with one attached hydrogen (secondary N) is 4. The molecule has 164 valence electrons. The molecule has 0 aliphatic heterocycles. The molecule has 0 fully saturated rings. The van der Waals surface area contributed by atoms with Crippen LogP contribution in [0.2, 0.25) is 5.02 Å². The van der Waals surface area contributed by atoms with Gasteiger partial charge in [0.15, 0.2) is 11.7 Å². The molecule has 0 saturated carbocycles. The summed E-state index contributed by atoms with van der Waals surface area (Å²) in [5, 5.41) is 5.36. The summed E-state index contributed by atoms with van der Waals surface area (Å²) in [5.41, 5.74) is 7.58. The van der Waals surface area contributed by atoms with Crippen molar-refractivity contribution in [3.8, 4) is 5.75 Å². The molecule has 0 atom stereocenters. The number of thiocarbonyl (C=S) groups is 1. The third-order valence-corrected chi connectivity index (χ3v) is 4.65. The smallest absolute Gasteiger partial charge is 0.264 e. The van der Waals surface area contributed by atoms with Crippen LogP contribution in [0.15, 0.2) is 42.5 Å². The van der Waals surface area contributed by atoms with Gasteiger partial charge in [-0.2, -0.15) is 0 Å². The zero-order valence-electron chi connectivity index (χ0n) is 17.1. The number of hydrogen-bond donors (Lipinski definition) is 4. The largest absolute Gasteiger partial charge is 0.482 e. The molecule has 0 aliphatic rings. The summed E-state index contributed by atoms with van der Waals surface area (Å²) < 4.78 is 5.29. The van der Waals surface area contributed by atoms with E-state index in [0.29, 0.717) is 16.5 Å². The van der Waals surface area contributed by atoms with Crippen molar-refractivity contribution in [2.75, 3.05) is 11.9 Å². The van der Waals surface area contributed by atoms with Crippen molar-refractivity contribution < 1.29 is 19.1 Å². The van der Waals surface area contributed by atoms with Crippen LogP contribution < -0.4 is 26.2 Å². The number of carbonyl (C=O) groups is 3. The Balaban J connectivity index is 1.64. The normalized spacial score (nSPS) is 10.0. The molecular formula is C21H23ClN4O4S. The second-order valence-electron chi connectivity index (χ2n) is 6.62. The number of hydrogen-bond acceptors (Lipinski definition) is 5. The highest BCUT2D eigenvalue weighted by atomic mass is 35.5. The van der Waals surface area contributed by atoms with Crippen LogP contribution in [0.25, 0.3) is 0 Å². The van der Waals surface area contributed by atoms with Gasteiger partial charge in [0.25, 0.3) is 5.91 Å². The molecule has 0 heterocycles. The Morgan fingerprint density at radius 1 is 0.935 bits per heavy atom. The number of anilines is 1. The topological polar surface area (TPSA) is 109 Å². The number of rotatable bonds is 7. The average molecular weight is 463 g/mol. The number of ether oxygens (including phenoxy) is 1. The fourth-order valence-electron chi connectivity index (χ4n) is 2.36. The van der Waals surface area contributed by atoms with Crippen LogP contribution in [0, 0.1) is 13.8 Å². The lowest BCUT2D eigenvalue weighted by atomic mass is 10.1. The van der Waals surface area contributed by atoms with Gasteiger partial charge in [-0.15, -0.1) is 0 Å². The Morgan fingerprint density at radius 2 is 1.65 bits per heavy atom. The van der Waals surface area contributed by atoms with Gasteiger partial charge in [-0.1, -0.05) is 29.8 Å². The SMILES string of the molecule is Cc1ccc(NC(=O)CCC(=O)NNC(=S)NC(=O)COc2ccccc2Cl)cc1C. The van der Waals surface area contributed by atoms with E-state index in [1.54, 1.807) is 30.3 Å². The molecule has 0 saturated heterocycles. The first kappa shape index (κ1) is 24.1. The van der Waals surface area contributed by atoms with Gasteiger partial charge >= 0.3 is 0 Å². The van der Waals surface area contributed by atoms with Crippen LogP contribution in [0.1, 0.15) is 24.0 Å². The van der Waals surface area contributed by atoms with Crippen molar-refractivity contribution >= 4 is 52.3 Å². The van der Waals surface area contributed by atoms with Crippen molar-refractivity contribution in [2.24, 2.45) is 0 Å². The molecule has 8 nitrogen and oxygen atoms in total. The highest BCUT2D eigenvalue weighted by molar-refractivity contribution is 7.80. The van der Waals surface area contributed by atoms with E-state index in [-0.39, 0.29) is 30.5 Å². The predicted octanol–water partition coefficient (Wildman–Crippen LogP) is 2.78. The molecule has 0 radical (unpaired) electrons. The maximum Gasteiger partial charge on any atom is 0.264 e. The molecule has 0 aliphatic carbocycles. The lowest BCUT2D eigenvalue weighted by Gasteiger charge is -2.12. The van der Waals surface area contributed by atoms with Crippen LogP contribution >= 0.6 is 23.8 Å². The molecular weight excluding hydrogens is 440 g/mol. The van der Waals surface area contributed by atoms with Gasteiger partial charge in [0, 0.05) is 18.5 Å². The number of hydrazine groups is 1. The first-order valence-corrected chi connectivity index (χ1v) is 10.2. The second kappa shape index (κ2) is 11.9. The predicted molar refractivity (Wildman–Crippen MR) is 123 cm³/mol. The Kier molecular flexibility index (Phi) is 9.23. The van der Waals surface area contributed by atoms with Crippen LogP contribution in [0.5, 0.6) is 5.75 Å². The summed E-state index contributed by atoms with van der Waals surface area (Å²) in [4.78, 5) is 35.7. The van der Waals surface area contributed by atoms with Crippen molar-refractivity contribution in [1.29, 1.82) is 0 Å². The number of halogens is 1. The van der Waals surface area contributed by atoms with Crippen molar-refractivity contribution in [2.45, 2.75) is 26.7 Å². The first-order valence-electron chi connectivity index (χ1n) is 9.37. The Hall–Kier alpha value is -3.17. The lowest BCUT2D eigenvalue weighted by Crippen LogP contribution is -2.49. The van der Waals surface area contributed by atoms with Gasteiger partial charge in [0.1, 0.15) is 5.75 Å². The van der Waals surface area contributed by atoms with E-state index >= 15 is 0 Å². The van der Waals surface area contributed by atoms with Crippen molar-refractivity contribution in [3.63, 3.8) is 0 Å². The molecule has 4 N–H and O–H groups in total. The van der Waals surface area contributed by atoms with E-state index in [2.05, 4.69) is 21.5 Å². The minimum absolute atomic E-state index is 0.00870. The molecule has 0 bridgehead atoms. The summed E-state index contributed by atoms with van der Waals surface area (Å²) in [7, 11) is 0. The van der Waals surface area contributed by atoms with Crippen molar-refractivity contribution in [1.82, 2.24) is 16.2 Å². The zero-order chi connectivity index (χ0) is 22.8. The van der Waals surface area contributed by atoms with E-state index in [1.807, 2.05) is 26.0 Å². The van der Waals surface area contributed by atoms with E-state index < -0.39 is 11.8 Å². The highest BCUT2D eigenvalue weighted by Gasteiger charge is 2.10. The fourth-order valence-corrected chi connectivity index (χ4v) is 2.71. The number of benzene rings is 2. The molecule has 2 aromatic carbocycles. The Morgan fingerprint density at radius 3 is 2.35 bits per heavy atom. The summed E-state index contributed by atoms with van der Waals surface area (Å²) in [6.07, 6.45) is -0.0684. The summed E-state index contributed by atoms with van der Waals surface area (Å²) in [6, 6.07) is 12.3. The quantitative estimate of drug-likeness (QED) is 0.372. The third kappa shape index (κ3) is 8.61. The van der Waals surface area contributed by atoms with E-state index in [1.165, 1.54) is 0 Å². The maximum atomic E-state index is 12.0. The van der Waals surface area contributed by atoms with Gasteiger partial charge in [-0.3, -0.25) is 30.6 Å². The van der Waals surface area contributed by atoms with Crippen molar-refractivity contribution in [3.05, 3.63) is 58.6 Å². The number of aryl methyl sites for hydroxylation is 2. The number of para-hydroxylation sites is 1. The monoisotopic (exact) mass is 462 g/mol. The Bertz CT molecular complexity index is 984. The van der Waals surface area contributed by atoms with E-state index in [0.717, 1.165) is 11.1 Å². The minimum atomic E-state index is -0.528. The molecule has 31 heavy (non-hydrogen) atoms. The number of carbonyl (C=O) groups excluding carboxylic acids is 3. The van der Waals surface area contributed by atoms with Gasteiger partial charge in [0.2, 0.25) is 11.8 Å². The summed E-state index contributed by atoms with van der Waals surface area (Å²) in [5.74, 6) is -0.907. The first-order chi connectivity index (χ1) is 14.7. The third-order valence-electron chi connectivity index (χ3n) is 4.13. The van der Waals surface area contributed by atoms with Gasteiger partial charge < -0.3 is 10.1 Å². The van der Waals surface area contributed by atoms with E-state index in [9.17, 15) is 14.4 Å². The molecule has 3 amide bonds.